The largest absolute Gasteiger partial charge is 0.318 e. The van der Waals surface area contributed by atoms with Gasteiger partial charge in [-0.1, -0.05) is 0 Å². The fraction of sp³-hybridized carbons (Fsp3) is 1.00. The molecule has 0 aliphatic heterocycles. The zero-order valence-electron chi connectivity index (χ0n) is 11.6. The van der Waals surface area contributed by atoms with Crippen LogP contribution in [0.15, 0.2) is 0 Å². The molecule has 0 bridgehead atoms. The van der Waals surface area contributed by atoms with Gasteiger partial charge in [0.05, 0.1) is 0 Å². The van der Waals surface area contributed by atoms with E-state index in [1.54, 1.807) is 0 Å². The highest BCUT2D eigenvalue weighted by molar-refractivity contribution is 4.56. The molecule has 0 aromatic heterocycles. The van der Waals surface area contributed by atoms with E-state index in [-0.39, 0.29) is 0 Å². The summed E-state index contributed by atoms with van der Waals surface area (Å²) in [7, 11) is 8.43. The molecule has 98 valence electrons. The van der Waals surface area contributed by atoms with E-state index in [0.29, 0.717) is 0 Å². The molecule has 16 heavy (non-hydrogen) atoms. The first-order valence-electron chi connectivity index (χ1n) is 6.35. The van der Waals surface area contributed by atoms with E-state index in [1.165, 1.54) is 25.9 Å². The van der Waals surface area contributed by atoms with Crippen LogP contribution in [0.3, 0.4) is 0 Å². The van der Waals surface area contributed by atoms with Gasteiger partial charge < -0.3 is 20.4 Å². The fourth-order valence-corrected chi connectivity index (χ4v) is 1.53. The van der Waals surface area contributed by atoms with E-state index in [2.05, 4.69) is 41.6 Å². The van der Waals surface area contributed by atoms with Gasteiger partial charge in [0.15, 0.2) is 0 Å². The van der Waals surface area contributed by atoms with E-state index in [9.17, 15) is 0 Å². The molecule has 0 saturated heterocycles. The SMILES string of the molecule is CNCCN(C)CCCNCCCN(C)C. The Morgan fingerprint density at radius 3 is 2.00 bits per heavy atom. The van der Waals surface area contributed by atoms with E-state index < -0.39 is 0 Å². The summed E-state index contributed by atoms with van der Waals surface area (Å²) in [6.07, 6.45) is 2.48. The Bertz CT molecular complexity index is 139. The van der Waals surface area contributed by atoms with E-state index >= 15 is 0 Å². The quantitative estimate of drug-likeness (QED) is 0.492. The molecule has 0 spiro atoms. The van der Waals surface area contributed by atoms with Gasteiger partial charge in [-0.25, -0.2) is 0 Å². The van der Waals surface area contributed by atoms with Gasteiger partial charge >= 0.3 is 0 Å². The monoisotopic (exact) mass is 230 g/mol. The van der Waals surface area contributed by atoms with E-state index in [1.807, 2.05) is 7.05 Å². The number of rotatable bonds is 11. The Morgan fingerprint density at radius 1 is 0.812 bits per heavy atom. The van der Waals surface area contributed by atoms with Crippen LogP contribution >= 0.6 is 0 Å². The molecule has 0 amide bonds. The Hall–Kier alpha value is -0.160. The van der Waals surface area contributed by atoms with Crippen molar-refractivity contribution >= 4 is 0 Å². The molecule has 0 fully saturated rings. The minimum Gasteiger partial charge on any atom is -0.318 e. The maximum absolute atomic E-state index is 3.48. The molecule has 0 saturated carbocycles. The van der Waals surface area contributed by atoms with Crippen LogP contribution < -0.4 is 10.6 Å². The van der Waals surface area contributed by atoms with Crippen LogP contribution in [0, 0.1) is 0 Å². The molecule has 0 aliphatic carbocycles. The summed E-state index contributed by atoms with van der Waals surface area (Å²) in [5, 5.41) is 6.65. The van der Waals surface area contributed by atoms with E-state index in [0.717, 1.165) is 26.2 Å². The molecular formula is C12H30N4. The molecule has 0 radical (unpaired) electrons. The molecule has 0 rings (SSSR count). The second-order valence-corrected chi connectivity index (χ2v) is 4.67. The predicted octanol–water partition coefficient (Wildman–Crippen LogP) is 0.0690. The van der Waals surface area contributed by atoms with Crippen LogP contribution in [0.4, 0.5) is 0 Å². The zero-order chi connectivity index (χ0) is 12.2. The van der Waals surface area contributed by atoms with Crippen molar-refractivity contribution in [3.63, 3.8) is 0 Å². The lowest BCUT2D eigenvalue weighted by Crippen LogP contribution is -2.30. The Kier molecular flexibility index (Phi) is 11.2. The average molecular weight is 230 g/mol. The standard InChI is InChI=1S/C12H30N4/c1-13-9-12-16(4)11-6-8-14-7-5-10-15(2)3/h13-14H,5-12H2,1-4H3. The van der Waals surface area contributed by atoms with Gasteiger partial charge in [-0.05, 0) is 67.2 Å². The first kappa shape index (κ1) is 15.8. The lowest BCUT2D eigenvalue weighted by molar-refractivity contribution is 0.327. The van der Waals surface area contributed by atoms with Gasteiger partial charge in [0, 0.05) is 13.1 Å². The van der Waals surface area contributed by atoms with E-state index in [4.69, 9.17) is 0 Å². The van der Waals surface area contributed by atoms with Gasteiger partial charge in [-0.2, -0.15) is 0 Å². The van der Waals surface area contributed by atoms with Crippen LogP contribution in [0.5, 0.6) is 0 Å². The van der Waals surface area contributed by atoms with Crippen molar-refractivity contribution in [2.45, 2.75) is 12.8 Å². The first-order valence-corrected chi connectivity index (χ1v) is 6.35. The first-order chi connectivity index (χ1) is 7.66. The second-order valence-electron chi connectivity index (χ2n) is 4.67. The smallest absolute Gasteiger partial charge is 0.0104 e. The molecule has 0 atom stereocenters. The summed E-state index contributed by atoms with van der Waals surface area (Å²) in [5.74, 6) is 0. The molecule has 0 aromatic carbocycles. The lowest BCUT2D eigenvalue weighted by atomic mass is 10.3. The minimum absolute atomic E-state index is 1.08. The molecule has 0 aromatic rings. The van der Waals surface area contributed by atoms with Crippen molar-refractivity contribution < 1.29 is 0 Å². The molecule has 0 unspecified atom stereocenters. The van der Waals surface area contributed by atoms with Gasteiger partial charge in [-0.15, -0.1) is 0 Å². The maximum atomic E-state index is 3.48. The number of nitrogens with zero attached hydrogens (tertiary/aromatic N) is 2. The van der Waals surface area contributed by atoms with Crippen LogP contribution in [-0.4, -0.2) is 77.3 Å². The molecule has 0 aliphatic rings. The third-order valence-electron chi connectivity index (χ3n) is 2.60. The van der Waals surface area contributed by atoms with Crippen molar-refractivity contribution in [3.8, 4) is 0 Å². The molecule has 4 nitrogen and oxygen atoms in total. The van der Waals surface area contributed by atoms with Crippen molar-refractivity contribution in [1.82, 2.24) is 20.4 Å². The van der Waals surface area contributed by atoms with Crippen LogP contribution in [0.25, 0.3) is 0 Å². The molecule has 0 heterocycles. The summed E-state index contributed by atoms with van der Waals surface area (Å²) >= 11 is 0. The second kappa shape index (κ2) is 11.3. The van der Waals surface area contributed by atoms with Crippen LogP contribution in [0.2, 0.25) is 0 Å². The van der Waals surface area contributed by atoms with Crippen molar-refractivity contribution in [2.75, 3.05) is 67.5 Å². The maximum Gasteiger partial charge on any atom is 0.0104 e. The third kappa shape index (κ3) is 11.9. The summed E-state index contributed by atoms with van der Waals surface area (Å²) < 4.78 is 0. The average Bonchev–Trinajstić information content (AvgIpc) is 2.24. The zero-order valence-corrected chi connectivity index (χ0v) is 11.6. The van der Waals surface area contributed by atoms with Gasteiger partial charge in [0.2, 0.25) is 0 Å². The molecule has 2 N–H and O–H groups in total. The van der Waals surface area contributed by atoms with Crippen molar-refractivity contribution in [2.24, 2.45) is 0 Å². The number of nitrogens with one attached hydrogen (secondary N) is 2. The normalized spacial score (nSPS) is 11.6. The summed E-state index contributed by atoms with van der Waals surface area (Å²) in [5.41, 5.74) is 0. The Morgan fingerprint density at radius 2 is 1.44 bits per heavy atom. The number of likely N-dealkylation sites (N-methyl/N-ethyl adjacent to an activating group) is 2. The highest BCUT2D eigenvalue weighted by atomic mass is 15.1. The van der Waals surface area contributed by atoms with Gasteiger partial charge in [-0.3, -0.25) is 0 Å². The summed E-state index contributed by atoms with van der Waals surface area (Å²) in [6.45, 7) is 6.84. The number of hydrogen-bond donors (Lipinski definition) is 2. The lowest BCUT2D eigenvalue weighted by Gasteiger charge is -2.16. The summed E-state index contributed by atoms with van der Waals surface area (Å²) in [6, 6.07) is 0. The predicted molar refractivity (Wildman–Crippen MR) is 72.1 cm³/mol. The highest BCUT2D eigenvalue weighted by Crippen LogP contribution is 1.86. The van der Waals surface area contributed by atoms with Crippen molar-refractivity contribution in [3.05, 3.63) is 0 Å². The topological polar surface area (TPSA) is 30.5 Å². The van der Waals surface area contributed by atoms with Gasteiger partial charge in [0.1, 0.15) is 0 Å². The van der Waals surface area contributed by atoms with Crippen molar-refractivity contribution in [1.29, 1.82) is 0 Å². The fourth-order valence-electron chi connectivity index (χ4n) is 1.53. The van der Waals surface area contributed by atoms with Gasteiger partial charge in [0.25, 0.3) is 0 Å². The minimum atomic E-state index is 1.08. The summed E-state index contributed by atoms with van der Waals surface area (Å²) in [4.78, 5) is 4.60. The highest BCUT2D eigenvalue weighted by Gasteiger charge is 1.96. The molecular weight excluding hydrogens is 200 g/mol. The third-order valence-corrected chi connectivity index (χ3v) is 2.60. The Balaban J connectivity index is 3.08. The Labute approximate surface area is 101 Å². The molecule has 4 heteroatoms. The van der Waals surface area contributed by atoms with Crippen LogP contribution in [0.1, 0.15) is 12.8 Å². The number of hydrogen-bond acceptors (Lipinski definition) is 4. The van der Waals surface area contributed by atoms with Crippen LogP contribution in [-0.2, 0) is 0 Å².